The highest BCUT2D eigenvalue weighted by Gasteiger charge is 2.60. The number of benzene rings is 4. The van der Waals surface area contributed by atoms with Crippen molar-refractivity contribution in [1.29, 1.82) is 0 Å². The number of carbonyl (C=O) groups excluding carboxylic acids is 7. The van der Waals surface area contributed by atoms with Gasteiger partial charge in [0, 0.05) is 108 Å². The van der Waals surface area contributed by atoms with Crippen molar-refractivity contribution >= 4 is 82.2 Å². The van der Waals surface area contributed by atoms with Crippen LogP contribution in [0.1, 0.15) is 177 Å². The van der Waals surface area contributed by atoms with E-state index < -0.39 is 52.2 Å². The lowest BCUT2D eigenvalue weighted by Crippen LogP contribution is -2.49. The molecule has 0 spiro atoms. The van der Waals surface area contributed by atoms with E-state index in [0.717, 1.165) is 148 Å². The molecule has 9 saturated carbocycles. The van der Waals surface area contributed by atoms with Gasteiger partial charge in [0.2, 0.25) is 15.9 Å². The number of esters is 4. The molecule has 4 aliphatic heterocycles. The summed E-state index contributed by atoms with van der Waals surface area (Å²) in [6, 6.07) is 38.0. The lowest BCUT2D eigenvalue weighted by molar-refractivity contribution is -0.145. The van der Waals surface area contributed by atoms with Gasteiger partial charge in [-0.2, -0.15) is 26.3 Å². The summed E-state index contributed by atoms with van der Waals surface area (Å²) >= 11 is 0. The highest BCUT2D eigenvalue weighted by atomic mass is 32.2. The van der Waals surface area contributed by atoms with Crippen LogP contribution < -0.4 is 26.0 Å². The number of rotatable bonds is 20. The Balaban J connectivity index is 0.000000130. The minimum absolute atomic E-state index is 0.0452. The normalized spacial score (nSPS) is 31.6. The van der Waals surface area contributed by atoms with Crippen molar-refractivity contribution in [3.8, 4) is 44.5 Å². The van der Waals surface area contributed by atoms with Gasteiger partial charge in [-0.25, -0.2) is 36.3 Å². The first-order valence-electron chi connectivity index (χ1n) is 52.4. The van der Waals surface area contributed by atoms with Gasteiger partial charge in [0.1, 0.15) is 36.1 Å². The smallest absolute Gasteiger partial charge is 0.416 e. The number of hydrogen-bond donors (Lipinski definition) is 6. The maximum Gasteiger partial charge on any atom is 0.416 e. The minimum Gasteiger partial charge on any atom is -0.479 e. The summed E-state index contributed by atoms with van der Waals surface area (Å²) in [6.45, 7) is 7.20. The molecule has 8 heterocycles. The van der Waals surface area contributed by atoms with Crippen molar-refractivity contribution in [2.24, 2.45) is 124 Å². The molecule has 4 saturated heterocycles. The first-order chi connectivity index (χ1) is 71.8. The van der Waals surface area contributed by atoms with Gasteiger partial charge < -0.3 is 50.1 Å². The largest absolute Gasteiger partial charge is 0.479 e. The molecule has 4 aromatic heterocycles. The Morgan fingerprint density at radius 1 is 0.400 bits per heavy atom. The number of nitrogens with zero attached hydrogens (tertiary/aromatic N) is 4. The van der Waals surface area contributed by atoms with Gasteiger partial charge in [0.25, 0.3) is 0 Å². The number of alkyl carbamates (subject to hydrolysis) is 1. The minimum atomic E-state index is -4.41. The summed E-state index contributed by atoms with van der Waals surface area (Å²) in [7, 11) is -1.71. The SMILES string of the molecule is CNC(=O)N[C@@H]1CC[C@@H]2[C@@H](C1)C[C@H]1C(=O)O[C@H](C)[C@H]1[C@H]2/C=C/c1ccc(-c2cccc(C(F)(F)F)c2)cn1.C[C@H]1OC(=O)[C@@H]2C[C@@H]3C[C@H](NC(=O)C4CC4)CC[C@H]3[C@H](/C=C/c3ccc(-c4cccc(F)c4)cn3)[C@H]12.C[C@H]1OC(=O)[C@@H]2C[C@@H]3C[C@H](NC(=O)OCC(=O)O)CC[C@H]3[C@H](/C=C/c3ccc(-c4cccc(F)c4)cn3)[C@H]12.C[C@H]1OC(=O)[C@@H]2C[C@@H]3C[C@H](NS(C)(=O)=O)CC[C@H]3[C@H](/C=C/c3ccc(-c4cccc(C(F)(F)F)c4)cn3)[C@H]12. The Morgan fingerprint density at radius 3 is 1.00 bits per heavy atom. The molecule has 28 atom stereocenters. The van der Waals surface area contributed by atoms with E-state index >= 15 is 0 Å². The third kappa shape index (κ3) is 25.3. The number of amides is 4. The molecule has 150 heavy (non-hydrogen) atoms. The Kier molecular flexibility index (Phi) is 32.6. The molecule has 4 aromatic carbocycles. The lowest BCUT2D eigenvalue weighted by atomic mass is 9.57. The van der Waals surface area contributed by atoms with Crippen LogP contribution in [0.25, 0.3) is 68.8 Å². The van der Waals surface area contributed by atoms with Crippen LogP contribution in [-0.4, -0.2) is 150 Å². The van der Waals surface area contributed by atoms with Gasteiger partial charge in [0.15, 0.2) is 6.61 Å². The Labute approximate surface area is 867 Å². The number of fused-ring (bicyclic) bond motifs is 8. The first kappa shape index (κ1) is 107. The van der Waals surface area contributed by atoms with Crippen LogP contribution in [0.4, 0.5) is 44.7 Å². The van der Waals surface area contributed by atoms with Gasteiger partial charge in [-0.1, -0.05) is 97.1 Å². The molecule has 13 aliphatic rings. The molecule has 25 nitrogen and oxygen atoms in total. The van der Waals surface area contributed by atoms with E-state index in [1.807, 2.05) is 82.3 Å². The fraction of sp³-hybridized carbons (Fsp3) is 0.483. The fourth-order valence-electron chi connectivity index (χ4n) is 27.1. The maximum atomic E-state index is 13.6. The summed E-state index contributed by atoms with van der Waals surface area (Å²) in [5, 5.41) is 20.4. The summed E-state index contributed by atoms with van der Waals surface area (Å²) in [5.74, 6) is 1.04. The number of cyclic esters (lactones) is 4. The molecular weight excluding hydrogens is 1960 g/mol. The highest BCUT2D eigenvalue weighted by Crippen LogP contribution is 2.59. The third-order valence-corrected chi connectivity index (χ3v) is 34.7. The number of urea groups is 1. The van der Waals surface area contributed by atoms with Crippen molar-refractivity contribution < 1.29 is 111 Å². The number of aliphatic carboxylic acids is 1. The number of nitrogens with one attached hydrogen (secondary N) is 5. The van der Waals surface area contributed by atoms with Crippen LogP contribution >= 0.6 is 0 Å². The number of pyridine rings is 4. The zero-order valence-electron chi connectivity index (χ0n) is 84.3. The molecule has 9 aliphatic carbocycles. The number of carbonyl (C=O) groups is 8. The molecule has 0 radical (unpaired) electrons. The molecule has 8 aromatic rings. The number of allylic oxidation sites excluding steroid dienone is 4. The first-order valence-corrected chi connectivity index (χ1v) is 54.3. The van der Waals surface area contributed by atoms with Crippen molar-refractivity contribution in [2.75, 3.05) is 19.9 Å². The summed E-state index contributed by atoms with van der Waals surface area (Å²) in [5.41, 5.74) is 6.96. The van der Waals surface area contributed by atoms with Crippen molar-refractivity contribution in [3.05, 3.63) is 240 Å². The molecule has 0 bridgehead atoms. The molecule has 4 amide bonds. The van der Waals surface area contributed by atoms with E-state index in [1.165, 1.54) is 42.7 Å². The van der Waals surface area contributed by atoms with Gasteiger partial charge in [-0.3, -0.25) is 43.9 Å². The van der Waals surface area contributed by atoms with Crippen LogP contribution in [-0.2, 0) is 74.8 Å². The van der Waals surface area contributed by atoms with Crippen molar-refractivity contribution in [2.45, 2.75) is 204 Å². The topological polar surface area (TPSA) is 349 Å². The number of hydrogen-bond acceptors (Lipinski definition) is 19. The Morgan fingerprint density at radius 2 is 0.707 bits per heavy atom. The van der Waals surface area contributed by atoms with Gasteiger partial charge >= 0.3 is 54.3 Å². The quantitative estimate of drug-likeness (QED) is 0.0234. The number of alkyl halides is 6. The molecule has 6 N–H and O–H groups in total. The molecular formula is C116H127F8N9O16S. The zero-order valence-corrected chi connectivity index (χ0v) is 85.1. The Bertz CT molecular complexity index is 6490. The van der Waals surface area contributed by atoms with E-state index in [2.05, 4.69) is 76.3 Å². The maximum absolute atomic E-state index is 13.6. The lowest BCUT2D eigenvalue weighted by Gasteiger charge is -2.47. The molecule has 21 rings (SSSR count). The predicted octanol–water partition coefficient (Wildman–Crippen LogP) is 21.1. The number of sulfonamides is 1. The van der Waals surface area contributed by atoms with E-state index in [0.29, 0.717) is 94.8 Å². The highest BCUT2D eigenvalue weighted by molar-refractivity contribution is 7.88. The number of carboxylic acid groups (broad SMARTS) is 1. The van der Waals surface area contributed by atoms with E-state index in [1.54, 1.807) is 80.4 Å². The average molecular weight is 2090 g/mol. The molecule has 794 valence electrons. The molecule has 13 fully saturated rings. The summed E-state index contributed by atoms with van der Waals surface area (Å²) in [4.78, 5) is 116. The van der Waals surface area contributed by atoms with Crippen LogP contribution in [0.3, 0.4) is 0 Å². The summed E-state index contributed by atoms with van der Waals surface area (Å²) in [6.07, 6.45) is 29.5. The van der Waals surface area contributed by atoms with E-state index in [-0.39, 0.29) is 185 Å². The number of halogens is 8. The Hall–Kier alpha value is -12.9. The van der Waals surface area contributed by atoms with Crippen LogP contribution in [0.5, 0.6) is 0 Å². The number of ether oxygens (including phenoxy) is 5. The molecule has 34 heteroatoms. The average Bonchev–Trinajstić information content (AvgIpc) is 1.62. The zero-order chi connectivity index (χ0) is 106. The van der Waals surface area contributed by atoms with Gasteiger partial charge in [-0.05, 0) is 334 Å². The van der Waals surface area contributed by atoms with Crippen molar-refractivity contribution in [3.63, 3.8) is 0 Å². The predicted molar refractivity (Wildman–Crippen MR) is 544 cm³/mol. The number of aromatic nitrogens is 4. The van der Waals surface area contributed by atoms with E-state index in [9.17, 15) is 81.9 Å². The third-order valence-electron chi connectivity index (χ3n) is 33.9. The fourth-order valence-corrected chi connectivity index (χ4v) is 28.0. The van der Waals surface area contributed by atoms with Gasteiger partial charge in [-0.15, -0.1) is 0 Å². The van der Waals surface area contributed by atoms with Crippen LogP contribution in [0, 0.1) is 136 Å². The summed E-state index contributed by atoms with van der Waals surface area (Å²) < 4.78 is 159. The monoisotopic (exact) mass is 2090 g/mol. The second-order valence-corrected chi connectivity index (χ2v) is 45.1. The molecule has 0 unspecified atom stereocenters. The van der Waals surface area contributed by atoms with Crippen LogP contribution in [0.15, 0.2) is 195 Å². The number of carboxylic acids is 1. The van der Waals surface area contributed by atoms with Crippen LogP contribution in [0.2, 0.25) is 0 Å². The second kappa shape index (κ2) is 45.7. The standard InChI is InChI=1S/C30H33FN2O3.C29H32F3N3O3.C29H31FN2O6.C28H31F3N2O4S/c1-17-28-26(12-9-23-8-7-20(16-32-23)19-3-2-4-22(31)13-19)25-11-10-24(33-29(34)18-5-6-18)14-21(25)15-27(28)30(35)36-17;1-16-26-24(23-10-9-22(35-28(37)33-2)13-19(23)14-25(26)27(36)38-16)11-8-21-7-6-18(15-34-21)17-4-3-5-20(12-17)29(30,31)32;1-16-27-24(10-7-21-6-5-18(14-31-21)17-3-2-4-20(30)11-17)23-9-8-22(32-29(36)37-15-26(33)34)12-19(23)13-25(27)28(35)38-16;1-16-26-24(23-10-9-22(33-38(2,35)36)13-19(23)14-25(26)27(34)37-16)11-8-21-7-6-18(15-32-21)17-4-3-5-20(12-17)28(29,30)31/h2-4,7-9,12-13,16-18,21,24-28H,5-6,10-11,14-15H2,1H3,(H,33,34);3-8,11-12,15-16,19,22-26H,9-10,13-14H2,1-2H3,(H2,33,35,37);2-7,10-11,14,16,19,22-25,27H,8-9,12-13,15H2,1H3,(H,32,36)(H,33,34);3-8,11-12,15-16,19,22-26,33H,9-10,13-14H2,1-2H3/b12-9+;11-8+;10-7+;11-8+/t17-,21+,24-,25-,26+,27-,28+;16-,19+,22-,23-,24+,25-,26+;16-,19+,22-,23-,24+,25-,27+;16-,19+,22-,23-,24+,25-,26+/m1111/s1. The van der Waals surface area contributed by atoms with Crippen molar-refractivity contribution in [1.82, 2.24) is 45.9 Å². The van der Waals surface area contributed by atoms with E-state index in [4.69, 9.17) is 28.8 Å². The van der Waals surface area contributed by atoms with Gasteiger partial charge in [0.05, 0.1) is 63.8 Å². The second-order valence-electron chi connectivity index (χ2n) is 43.3.